The normalized spacial score (nSPS) is 12.7. The summed E-state index contributed by atoms with van der Waals surface area (Å²) in [5, 5.41) is 0. The molecule has 1 rings (SSSR count). The summed E-state index contributed by atoms with van der Waals surface area (Å²) in [4.78, 5) is 0.639. The molecule has 0 saturated carbocycles. The molecule has 0 aliphatic heterocycles. The van der Waals surface area contributed by atoms with E-state index in [4.69, 9.17) is 0 Å². The van der Waals surface area contributed by atoms with E-state index >= 15 is 0 Å². The minimum Gasteiger partial charge on any atom is -0.0887 e. The predicted molar refractivity (Wildman–Crippen MR) is 81.1 cm³/mol. The van der Waals surface area contributed by atoms with Crippen LogP contribution in [-0.2, 0) is 6.42 Å². The molecule has 96 valence electrons. The van der Waals surface area contributed by atoms with Crippen LogP contribution in [0.3, 0.4) is 0 Å². The highest BCUT2D eigenvalue weighted by molar-refractivity contribution is 9.09. The van der Waals surface area contributed by atoms with E-state index in [1.165, 1.54) is 55.2 Å². The van der Waals surface area contributed by atoms with E-state index in [1.54, 1.807) is 0 Å². The van der Waals surface area contributed by atoms with Crippen LogP contribution in [-0.4, -0.2) is 4.83 Å². The molecule has 0 saturated heterocycles. The number of benzene rings is 1. The van der Waals surface area contributed by atoms with Crippen molar-refractivity contribution in [3.05, 3.63) is 34.9 Å². The zero-order valence-electron chi connectivity index (χ0n) is 11.4. The summed E-state index contributed by atoms with van der Waals surface area (Å²) in [6.07, 6.45) is 7.90. The molecule has 0 heterocycles. The molecular weight excluding hydrogens is 272 g/mol. The van der Waals surface area contributed by atoms with Gasteiger partial charge in [-0.1, -0.05) is 72.3 Å². The van der Waals surface area contributed by atoms with Crippen molar-refractivity contribution < 1.29 is 0 Å². The minimum atomic E-state index is 0.639. The van der Waals surface area contributed by atoms with Crippen LogP contribution < -0.4 is 0 Å². The standard InChI is InChI=1S/C16H25Br/c1-4-5-6-7-8-16(17)12-15-11-13(2)9-10-14(15)3/h9-11,16H,4-8,12H2,1-3H3. The van der Waals surface area contributed by atoms with Gasteiger partial charge in [-0.15, -0.1) is 0 Å². The van der Waals surface area contributed by atoms with Crippen molar-refractivity contribution >= 4 is 15.9 Å². The fourth-order valence-corrected chi connectivity index (χ4v) is 2.83. The molecule has 0 spiro atoms. The van der Waals surface area contributed by atoms with Crippen molar-refractivity contribution in [3.8, 4) is 0 Å². The number of halogens is 1. The molecule has 0 radical (unpaired) electrons. The monoisotopic (exact) mass is 296 g/mol. The van der Waals surface area contributed by atoms with E-state index < -0.39 is 0 Å². The summed E-state index contributed by atoms with van der Waals surface area (Å²) >= 11 is 3.83. The van der Waals surface area contributed by atoms with E-state index in [1.807, 2.05) is 0 Å². The molecule has 0 fully saturated rings. The largest absolute Gasteiger partial charge is 0.0887 e. The quantitative estimate of drug-likeness (QED) is 0.455. The van der Waals surface area contributed by atoms with Gasteiger partial charge in [-0.25, -0.2) is 0 Å². The first kappa shape index (κ1) is 14.8. The highest BCUT2D eigenvalue weighted by atomic mass is 79.9. The zero-order valence-corrected chi connectivity index (χ0v) is 13.0. The lowest BCUT2D eigenvalue weighted by Crippen LogP contribution is -2.04. The van der Waals surface area contributed by atoms with Crippen LogP contribution in [0.15, 0.2) is 18.2 Å². The number of aryl methyl sites for hydroxylation is 2. The third kappa shape index (κ3) is 5.72. The topological polar surface area (TPSA) is 0 Å². The molecule has 1 aromatic carbocycles. The Balaban J connectivity index is 2.39. The summed E-state index contributed by atoms with van der Waals surface area (Å²) in [5.41, 5.74) is 4.30. The van der Waals surface area contributed by atoms with Gasteiger partial charge in [-0.05, 0) is 37.8 Å². The minimum absolute atomic E-state index is 0.639. The second-order valence-electron chi connectivity index (χ2n) is 5.08. The molecule has 0 aliphatic carbocycles. The third-order valence-corrected chi connectivity index (χ3v) is 4.10. The van der Waals surface area contributed by atoms with Crippen molar-refractivity contribution in [1.29, 1.82) is 0 Å². The van der Waals surface area contributed by atoms with Gasteiger partial charge < -0.3 is 0 Å². The van der Waals surface area contributed by atoms with Gasteiger partial charge in [0.05, 0.1) is 0 Å². The maximum atomic E-state index is 3.83. The number of hydrogen-bond acceptors (Lipinski definition) is 0. The second-order valence-corrected chi connectivity index (χ2v) is 6.38. The number of alkyl halides is 1. The van der Waals surface area contributed by atoms with Crippen LogP contribution in [0.4, 0.5) is 0 Å². The predicted octanol–water partition coefficient (Wildman–Crippen LogP) is 5.58. The molecular formula is C16H25Br. The molecule has 1 atom stereocenters. The molecule has 0 aromatic heterocycles. The van der Waals surface area contributed by atoms with E-state index in [-0.39, 0.29) is 0 Å². The Hall–Kier alpha value is -0.300. The number of unbranched alkanes of at least 4 members (excludes halogenated alkanes) is 3. The van der Waals surface area contributed by atoms with Crippen molar-refractivity contribution in [2.45, 2.75) is 64.1 Å². The average molecular weight is 297 g/mol. The van der Waals surface area contributed by atoms with Crippen molar-refractivity contribution in [2.75, 3.05) is 0 Å². The molecule has 0 nitrogen and oxygen atoms in total. The maximum Gasteiger partial charge on any atom is 0.0186 e. The van der Waals surface area contributed by atoms with Gasteiger partial charge in [0.1, 0.15) is 0 Å². The smallest absolute Gasteiger partial charge is 0.0186 e. The second kappa shape index (κ2) is 7.92. The van der Waals surface area contributed by atoms with Gasteiger partial charge in [0.2, 0.25) is 0 Å². The highest BCUT2D eigenvalue weighted by Crippen LogP contribution is 2.20. The van der Waals surface area contributed by atoms with Crippen LogP contribution in [0.5, 0.6) is 0 Å². The van der Waals surface area contributed by atoms with E-state index in [9.17, 15) is 0 Å². The Labute approximate surface area is 115 Å². The molecule has 1 aromatic rings. The van der Waals surface area contributed by atoms with Gasteiger partial charge in [-0.3, -0.25) is 0 Å². The van der Waals surface area contributed by atoms with Crippen LogP contribution in [0, 0.1) is 13.8 Å². The number of rotatable bonds is 7. The van der Waals surface area contributed by atoms with Crippen LogP contribution >= 0.6 is 15.9 Å². The first-order valence-electron chi connectivity index (χ1n) is 6.83. The van der Waals surface area contributed by atoms with E-state index in [0.717, 1.165) is 0 Å². The van der Waals surface area contributed by atoms with E-state index in [0.29, 0.717) is 4.83 Å². The Kier molecular flexibility index (Phi) is 6.87. The summed E-state index contributed by atoms with van der Waals surface area (Å²) < 4.78 is 0. The first-order valence-corrected chi connectivity index (χ1v) is 7.75. The van der Waals surface area contributed by atoms with Crippen LogP contribution in [0.25, 0.3) is 0 Å². The summed E-state index contributed by atoms with van der Waals surface area (Å²) in [5.74, 6) is 0. The Morgan fingerprint density at radius 1 is 1.12 bits per heavy atom. The zero-order chi connectivity index (χ0) is 12.7. The van der Waals surface area contributed by atoms with Crippen molar-refractivity contribution in [2.24, 2.45) is 0 Å². The van der Waals surface area contributed by atoms with Gasteiger partial charge >= 0.3 is 0 Å². The number of hydrogen-bond donors (Lipinski definition) is 0. The average Bonchev–Trinajstić information content (AvgIpc) is 2.29. The third-order valence-electron chi connectivity index (χ3n) is 3.32. The van der Waals surface area contributed by atoms with Crippen LogP contribution in [0.1, 0.15) is 55.7 Å². The fourth-order valence-electron chi connectivity index (χ4n) is 2.15. The summed E-state index contributed by atoms with van der Waals surface area (Å²) in [7, 11) is 0. The summed E-state index contributed by atoms with van der Waals surface area (Å²) in [6, 6.07) is 6.76. The Morgan fingerprint density at radius 2 is 1.88 bits per heavy atom. The summed E-state index contributed by atoms with van der Waals surface area (Å²) in [6.45, 7) is 6.65. The van der Waals surface area contributed by atoms with Gasteiger partial charge in [0.15, 0.2) is 0 Å². The molecule has 0 amide bonds. The van der Waals surface area contributed by atoms with Gasteiger partial charge in [0.25, 0.3) is 0 Å². The van der Waals surface area contributed by atoms with Crippen molar-refractivity contribution in [1.82, 2.24) is 0 Å². The molecule has 0 bridgehead atoms. The Morgan fingerprint density at radius 3 is 2.59 bits per heavy atom. The molecule has 1 unspecified atom stereocenters. The lowest BCUT2D eigenvalue weighted by atomic mass is 9.99. The lowest BCUT2D eigenvalue weighted by molar-refractivity contribution is 0.619. The van der Waals surface area contributed by atoms with Gasteiger partial charge in [0, 0.05) is 4.83 Å². The first-order chi connectivity index (χ1) is 8.13. The van der Waals surface area contributed by atoms with Crippen LogP contribution in [0.2, 0.25) is 0 Å². The van der Waals surface area contributed by atoms with E-state index in [2.05, 4.69) is 54.9 Å². The molecule has 0 N–H and O–H groups in total. The molecule has 0 aliphatic rings. The van der Waals surface area contributed by atoms with Crippen molar-refractivity contribution in [3.63, 3.8) is 0 Å². The Bertz CT molecular complexity index is 330. The molecule has 1 heteroatoms. The van der Waals surface area contributed by atoms with Gasteiger partial charge in [-0.2, -0.15) is 0 Å². The lowest BCUT2D eigenvalue weighted by Gasteiger charge is -2.12. The SMILES string of the molecule is CCCCCCC(Br)Cc1cc(C)ccc1C. The maximum absolute atomic E-state index is 3.83. The molecule has 17 heavy (non-hydrogen) atoms. The highest BCUT2D eigenvalue weighted by Gasteiger charge is 2.07. The fraction of sp³-hybridized carbons (Fsp3) is 0.625.